The number of methoxy groups -OCH3 is 1. The Morgan fingerprint density at radius 3 is 2.22 bits per heavy atom. The first-order valence-corrected chi connectivity index (χ1v) is 14.8. The zero-order chi connectivity index (χ0) is 27.0. The van der Waals surface area contributed by atoms with Crippen LogP contribution in [0.25, 0.3) is 0 Å². The van der Waals surface area contributed by atoms with E-state index in [4.69, 9.17) is 9.47 Å². The molecule has 9 nitrogen and oxygen atoms in total. The Morgan fingerprint density at radius 1 is 1.00 bits per heavy atom. The molecule has 1 amide bonds. The van der Waals surface area contributed by atoms with Crippen molar-refractivity contribution in [1.29, 1.82) is 0 Å². The molecular weight excluding hydrogens is 516 g/mol. The summed E-state index contributed by atoms with van der Waals surface area (Å²) in [6.45, 7) is 3.36. The molecule has 196 valence electrons. The summed E-state index contributed by atoms with van der Waals surface area (Å²) in [7, 11) is -5.87. The number of fused-ring (bicyclic) bond motifs is 1. The second-order valence-electron chi connectivity index (χ2n) is 8.86. The van der Waals surface area contributed by atoms with Crippen molar-refractivity contribution in [3.8, 4) is 11.5 Å². The zero-order valence-electron chi connectivity index (χ0n) is 20.8. The summed E-state index contributed by atoms with van der Waals surface area (Å²) in [6, 6.07) is 16.9. The van der Waals surface area contributed by atoms with E-state index >= 15 is 0 Å². The quantitative estimate of drug-likeness (QED) is 0.485. The van der Waals surface area contributed by atoms with Crippen LogP contribution in [0.1, 0.15) is 24.1 Å². The lowest BCUT2D eigenvalue weighted by Gasteiger charge is -2.35. The molecule has 0 unspecified atom stereocenters. The number of aryl methyl sites for hydroxylation is 1. The van der Waals surface area contributed by atoms with Gasteiger partial charge in [-0.15, -0.1) is 0 Å². The Hall–Kier alpha value is -3.57. The summed E-state index contributed by atoms with van der Waals surface area (Å²) in [5.41, 5.74) is 1.88. The van der Waals surface area contributed by atoms with Crippen LogP contribution in [0.2, 0.25) is 0 Å². The van der Waals surface area contributed by atoms with Gasteiger partial charge in [-0.2, -0.15) is 0 Å². The number of nitrogens with zero attached hydrogens (tertiary/aromatic N) is 1. The van der Waals surface area contributed by atoms with Gasteiger partial charge in [0.15, 0.2) is 15.9 Å². The van der Waals surface area contributed by atoms with E-state index in [1.165, 1.54) is 35.7 Å². The van der Waals surface area contributed by atoms with Crippen LogP contribution >= 0.6 is 0 Å². The predicted octanol–water partition coefficient (Wildman–Crippen LogP) is 3.24. The van der Waals surface area contributed by atoms with Crippen molar-refractivity contribution in [2.45, 2.75) is 35.8 Å². The number of hydrogen-bond donors (Lipinski definition) is 1. The average Bonchev–Trinajstić information content (AvgIpc) is 2.87. The van der Waals surface area contributed by atoms with Gasteiger partial charge < -0.3 is 14.8 Å². The minimum Gasteiger partial charge on any atom is -0.497 e. The van der Waals surface area contributed by atoms with Gasteiger partial charge in [-0.25, -0.2) is 16.8 Å². The van der Waals surface area contributed by atoms with Crippen molar-refractivity contribution in [2.75, 3.05) is 24.2 Å². The molecule has 1 heterocycles. The molecule has 0 radical (unpaired) electrons. The summed E-state index contributed by atoms with van der Waals surface area (Å²) in [6.07, 6.45) is 0.0135. The summed E-state index contributed by atoms with van der Waals surface area (Å²) in [5.74, 6) is 0.299. The van der Waals surface area contributed by atoms with Crippen LogP contribution in [0.4, 0.5) is 5.69 Å². The lowest BCUT2D eigenvalue weighted by molar-refractivity contribution is -0.128. The highest BCUT2D eigenvalue weighted by Crippen LogP contribution is 2.38. The normalized spacial score (nSPS) is 16.3. The predicted molar refractivity (Wildman–Crippen MR) is 139 cm³/mol. The monoisotopic (exact) mass is 544 g/mol. The highest BCUT2D eigenvalue weighted by molar-refractivity contribution is 7.92. The fourth-order valence-corrected chi connectivity index (χ4v) is 6.09. The number of ether oxygens (including phenoxy) is 2. The van der Waals surface area contributed by atoms with Gasteiger partial charge in [-0.05, 0) is 73.5 Å². The number of hydrogen-bond acceptors (Lipinski definition) is 7. The second kappa shape index (κ2) is 10.1. The molecule has 37 heavy (non-hydrogen) atoms. The number of nitrogens with one attached hydrogen (secondary N) is 1. The van der Waals surface area contributed by atoms with Crippen LogP contribution in [-0.2, 0) is 24.7 Å². The molecule has 4 rings (SSSR count). The molecule has 0 fully saturated rings. The van der Waals surface area contributed by atoms with E-state index in [1.54, 1.807) is 49.4 Å². The molecule has 3 aromatic rings. The fourth-order valence-electron chi connectivity index (χ4n) is 3.99. The first-order valence-electron chi connectivity index (χ1n) is 11.4. The summed E-state index contributed by atoms with van der Waals surface area (Å²) >= 11 is 0. The highest BCUT2D eigenvalue weighted by atomic mass is 32.2. The molecule has 3 aromatic carbocycles. The summed E-state index contributed by atoms with van der Waals surface area (Å²) in [5, 5.41) is 2.84. The Morgan fingerprint density at radius 2 is 1.62 bits per heavy atom. The molecule has 2 atom stereocenters. The second-order valence-corrected chi connectivity index (χ2v) is 12.7. The van der Waals surface area contributed by atoms with Gasteiger partial charge in [-0.1, -0.05) is 18.2 Å². The maximum atomic E-state index is 13.6. The van der Waals surface area contributed by atoms with Gasteiger partial charge in [-0.3, -0.25) is 9.10 Å². The van der Waals surface area contributed by atoms with Crippen LogP contribution in [-0.4, -0.2) is 48.8 Å². The maximum absolute atomic E-state index is 13.6. The van der Waals surface area contributed by atoms with Crippen LogP contribution in [0.3, 0.4) is 0 Å². The minimum atomic E-state index is -4.02. The average molecular weight is 545 g/mol. The molecule has 0 aliphatic carbocycles. The van der Waals surface area contributed by atoms with Crippen LogP contribution in [0.5, 0.6) is 11.5 Å². The molecule has 0 bridgehead atoms. The van der Waals surface area contributed by atoms with E-state index in [2.05, 4.69) is 5.32 Å². The van der Waals surface area contributed by atoms with E-state index in [9.17, 15) is 21.6 Å². The van der Waals surface area contributed by atoms with Crippen molar-refractivity contribution in [3.05, 3.63) is 77.9 Å². The van der Waals surface area contributed by atoms with E-state index in [1.807, 2.05) is 6.92 Å². The Bertz CT molecular complexity index is 1520. The number of carbonyl (C=O) groups is 1. The topological polar surface area (TPSA) is 119 Å². The zero-order valence-corrected chi connectivity index (χ0v) is 22.5. The van der Waals surface area contributed by atoms with E-state index in [0.717, 1.165) is 11.8 Å². The molecular formula is C26H28N2O7S2. The third-order valence-corrected chi connectivity index (χ3v) is 9.01. The molecule has 0 spiro atoms. The number of benzene rings is 3. The van der Waals surface area contributed by atoms with Crippen molar-refractivity contribution in [2.24, 2.45) is 0 Å². The fraction of sp³-hybridized carbons (Fsp3) is 0.269. The van der Waals surface area contributed by atoms with Gasteiger partial charge >= 0.3 is 0 Å². The number of carbonyl (C=O) groups excluding carboxylic acids is 1. The van der Waals surface area contributed by atoms with Crippen LogP contribution < -0.4 is 19.1 Å². The van der Waals surface area contributed by atoms with E-state index in [0.29, 0.717) is 17.0 Å². The molecule has 11 heteroatoms. The van der Waals surface area contributed by atoms with Crippen molar-refractivity contribution >= 4 is 31.5 Å². The third kappa shape index (κ3) is 5.57. The van der Waals surface area contributed by atoms with Gasteiger partial charge in [0, 0.05) is 6.26 Å². The van der Waals surface area contributed by atoms with Crippen molar-refractivity contribution in [1.82, 2.24) is 5.32 Å². The molecule has 1 aliphatic heterocycles. The van der Waals surface area contributed by atoms with Crippen LogP contribution in [0.15, 0.2) is 76.5 Å². The molecule has 0 saturated carbocycles. The number of anilines is 1. The molecule has 0 saturated heterocycles. The highest BCUT2D eigenvalue weighted by Gasteiger charge is 2.38. The van der Waals surface area contributed by atoms with Gasteiger partial charge in [0.05, 0.1) is 35.2 Å². The van der Waals surface area contributed by atoms with Gasteiger partial charge in [0.1, 0.15) is 11.5 Å². The smallest absolute Gasteiger partial charge is 0.264 e. The summed E-state index contributed by atoms with van der Waals surface area (Å²) in [4.78, 5) is 13.4. The lowest BCUT2D eigenvalue weighted by Crippen LogP contribution is -2.51. The molecule has 1 aliphatic rings. The summed E-state index contributed by atoms with van der Waals surface area (Å²) < 4.78 is 63.0. The third-order valence-electron chi connectivity index (χ3n) is 6.09. The Balaban J connectivity index is 1.60. The Labute approximate surface area is 217 Å². The lowest BCUT2D eigenvalue weighted by atomic mass is 10.1. The first kappa shape index (κ1) is 26.5. The SMILES string of the molecule is COc1ccc(S(=O)(=O)N2C[C@@H](C(=O)N[C@H](C)c3ccc(S(C)(=O)=O)cc3)Oc3ccc(C)cc32)cc1. The first-order chi connectivity index (χ1) is 17.4. The largest absolute Gasteiger partial charge is 0.497 e. The van der Waals surface area contributed by atoms with Crippen LogP contribution in [0, 0.1) is 6.92 Å². The number of sulfone groups is 1. The Kier molecular flexibility index (Phi) is 7.20. The standard InChI is InChI=1S/C26H28N2O7S2/c1-17-5-14-24-23(15-17)28(37(32,33)22-12-8-20(34-3)9-13-22)16-25(35-24)26(29)27-18(2)19-6-10-21(11-7-19)36(4,30)31/h5-15,18,25H,16H2,1-4H3,(H,27,29)/t18-,25+/m1/s1. The van der Waals surface area contributed by atoms with Crippen molar-refractivity contribution in [3.63, 3.8) is 0 Å². The minimum absolute atomic E-state index is 0.0566. The maximum Gasteiger partial charge on any atom is 0.264 e. The number of sulfonamides is 1. The number of rotatable bonds is 7. The van der Waals surface area contributed by atoms with Gasteiger partial charge in [0.25, 0.3) is 15.9 Å². The van der Waals surface area contributed by atoms with Crippen molar-refractivity contribution < 1.29 is 31.1 Å². The van der Waals surface area contributed by atoms with Gasteiger partial charge in [0.2, 0.25) is 0 Å². The van der Waals surface area contributed by atoms with E-state index < -0.39 is 37.9 Å². The number of amides is 1. The molecule has 0 aromatic heterocycles. The van der Waals surface area contributed by atoms with E-state index in [-0.39, 0.29) is 22.1 Å². The molecule has 1 N–H and O–H groups in total.